The first-order valence-electron chi connectivity index (χ1n) is 9.78. The Bertz CT molecular complexity index is 955. The first-order valence-corrected chi connectivity index (χ1v) is 10.5. The topological polar surface area (TPSA) is 66.6 Å². The zero-order chi connectivity index (χ0) is 20.6. The number of primary amides is 1. The number of fused-ring (bicyclic) bond motifs is 2. The lowest BCUT2D eigenvalue weighted by molar-refractivity contribution is -0.118. The first kappa shape index (κ1) is 20.0. The van der Waals surface area contributed by atoms with Crippen molar-refractivity contribution in [2.75, 3.05) is 24.5 Å². The van der Waals surface area contributed by atoms with E-state index in [1.807, 2.05) is 29.2 Å². The molecule has 1 saturated heterocycles. The summed E-state index contributed by atoms with van der Waals surface area (Å²) < 4.78 is 0. The van der Waals surface area contributed by atoms with Crippen molar-refractivity contribution in [2.24, 2.45) is 5.73 Å². The van der Waals surface area contributed by atoms with Crippen LogP contribution in [0.1, 0.15) is 30.4 Å². The summed E-state index contributed by atoms with van der Waals surface area (Å²) in [5.74, 6) is 0.0719. The number of para-hydroxylation sites is 1. The lowest BCUT2D eigenvalue weighted by Gasteiger charge is -2.39. The van der Waals surface area contributed by atoms with Gasteiger partial charge in [0.1, 0.15) is 0 Å². The van der Waals surface area contributed by atoms with E-state index in [-0.39, 0.29) is 17.4 Å². The molecule has 152 valence electrons. The van der Waals surface area contributed by atoms with Crippen LogP contribution in [-0.2, 0) is 16.6 Å². The van der Waals surface area contributed by atoms with Crippen LogP contribution in [0.3, 0.4) is 0 Å². The van der Waals surface area contributed by atoms with Crippen LogP contribution in [0.4, 0.5) is 10.5 Å². The number of nitrogens with two attached hydrogens (primary N) is 1. The minimum absolute atomic E-state index is 0.0719. The van der Waals surface area contributed by atoms with Crippen molar-refractivity contribution in [2.45, 2.75) is 31.1 Å². The van der Waals surface area contributed by atoms with Gasteiger partial charge in [-0.05, 0) is 54.7 Å². The van der Waals surface area contributed by atoms with Gasteiger partial charge >= 0.3 is 6.03 Å². The third kappa shape index (κ3) is 3.81. The summed E-state index contributed by atoms with van der Waals surface area (Å²) in [6.45, 7) is 1.87. The van der Waals surface area contributed by atoms with Crippen molar-refractivity contribution in [1.29, 1.82) is 0 Å². The zero-order valence-corrected chi connectivity index (χ0v) is 17.5. The number of hydrogen-bond acceptors (Lipinski definition) is 2. The summed E-state index contributed by atoms with van der Waals surface area (Å²) in [6.07, 6.45) is 2.50. The molecule has 2 N–H and O–H groups in total. The number of likely N-dealkylation sites (tertiary alicyclic amines) is 1. The lowest BCUT2D eigenvalue weighted by Crippen LogP contribution is -2.49. The van der Waals surface area contributed by atoms with E-state index in [2.05, 4.69) is 6.07 Å². The Balaban J connectivity index is 1.52. The number of piperidine rings is 1. The van der Waals surface area contributed by atoms with Crippen LogP contribution < -0.4 is 10.6 Å². The SMILES string of the molecule is NC(=O)N1CCC2(CC1)CN(C(=O)CCc1cc(Cl)ccc1Cl)c1ccccc12. The molecular weight excluding hydrogens is 409 g/mol. The first-order chi connectivity index (χ1) is 13.9. The molecular formula is C22H23Cl2N3O2. The molecule has 0 radical (unpaired) electrons. The summed E-state index contributed by atoms with van der Waals surface area (Å²) in [5, 5.41) is 1.24. The van der Waals surface area contributed by atoms with Gasteiger partial charge in [-0.15, -0.1) is 0 Å². The fraction of sp³-hybridized carbons (Fsp3) is 0.364. The van der Waals surface area contributed by atoms with E-state index < -0.39 is 0 Å². The number of carbonyl (C=O) groups excluding carboxylic acids is 2. The minimum Gasteiger partial charge on any atom is -0.351 e. The number of aryl methyl sites for hydroxylation is 1. The van der Waals surface area contributed by atoms with Crippen LogP contribution in [-0.4, -0.2) is 36.5 Å². The molecule has 2 heterocycles. The summed E-state index contributed by atoms with van der Waals surface area (Å²) >= 11 is 12.3. The van der Waals surface area contributed by atoms with Crippen LogP contribution in [0.15, 0.2) is 42.5 Å². The Labute approximate surface area is 180 Å². The number of benzene rings is 2. The molecule has 2 aromatic carbocycles. The fourth-order valence-corrected chi connectivity index (χ4v) is 4.95. The van der Waals surface area contributed by atoms with Gasteiger partial charge in [-0.25, -0.2) is 4.79 Å². The highest BCUT2D eigenvalue weighted by Gasteiger charge is 2.46. The highest BCUT2D eigenvalue weighted by Crippen LogP contribution is 2.47. The number of anilines is 1. The fourth-order valence-electron chi connectivity index (χ4n) is 4.55. The molecule has 7 heteroatoms. The Hall–Kier alpha value is -2.24. The summed E-state index contributed by atoms with van der Waals surface area (Å²) in [4.78, 5) is 28.2. The van der Waals surface area contributed by atoms with Gasteiger partial charge in [0, 0.05) is 47.2 Å². The number of hydrogen-bond donors (Lipinski definition) is 1. The molecule has 5 nitrogen and oxygen atoms in total. The highest BCUT2D eigenvalue weighted by molar-refractivity contribution is 6.33. The Morgan fingerprint density at radius 3 is 2.52 bits per heavy atom. The molecule has 2 aliphatic heterocycles. The zero-order valence-electron chi connectivity index (χ0n) is 16.0. The van der Waals surface area contributed by atoms with E-state index in [1.165, 1.54) is 5.56 Å². The highest BCUT2D eigenvalue weighted by atomic mass is 35.5. The number of nitrogens with zero attached hydrogens (tertiary/aromatic N) is 2. The third-order valence-electron chi connectivity index (χ3n) is 6.18. The van der Waals surface area contributed by atoms with Gasteiger partial charge < -0.3 is 15.5 Å². The van der Waals surface area contributed by atoms with Crippen molar-refractivity contribution < 1.29 is 9.59 Å². The molecule has 2 aliphatic rings. The summed E-state index contributed by atoms with van der Waals surface area (Å²) in [6, 6.07) is 13.0. The van der Waals surface area contributed by atoms with Gasteiger partial charge in [-0.3, -0.25) is 4.79 Å². The van der Waals surface area contributed by atoms with E-state index in [4.69, 9.17) is 28.9 Å². The number of amides is 3. The van der Waals surface area contributed by atoms with Gasteiger partial charge in [0.05, 0.1) is 0 Å². The molecule has 0 unspecified atom stereocenters. The molecule has 29 heavy (non-hydrogen) atoms. The molecule has 1 fully saturated rings. The molecule has 3 amide bonds. The van der Waals surface area contributed by atoms with E-state index in [0.29, 0.717) is 42.5 Å². The largest absolute Gasteiger partial charge is 0.351 e. The predicted molar refractivity (Wildman–Crippen MR) is 116 cm³/mol. The van der Waals surface area contributed by atoms with E-state index >= 15 is 0 Å². The molecule has 1 spiro atoms. The monoisotopic (exact) mass is 431 g/mol. The molecule has 2 aromatic rings. The second-order valence-corrected chi connectivity index (χ2v) is 8.68. The minimum atomic E-state index is -0.377. The second-order valence-electron chi connectivity index (χ2n) is 7.84. The Morgan fingerprint density at radius 2 is 1.79 bits per heavy atom. The van der Waals surface area contributed by atoms with Crippen LogP contribution in [0.25, 0.3) is 0 Å². The van der Waals surface area contributed by atoms with Gasteiger partial charge in [-0.2, -0.15) is 0 Å². The van der Waals surface area contributed by atoms with Crippen molar-refractivity contribution >= 4 is 40.8 Å². The van der Waals surface area contributed by atoms with Crippen LogP contribution in [0, 0.1) is 0 Å². The van der Waals surface area contributed by atoms with E-state index in [1.54, 1.807) is 17.0 Å². The van der Waals surface area contributed by atoms with Crippen molar-refractivity contribution in [1.82, 2.24) is 4.90 Å². The average molecular weight is 432 g/mol. The van der Waals surface area contributed by atoms with Crippen molar-refractivity contribution in [3.63, 3.8) is 0 Å². The van der Waals surface area contributed by atoms with Crippen LogP contribution in [0.2, 0.25) is 10.0 Å². The van der Waals surface area contributed by atoms with Crippen molar-refractivity contribution in [3.05, 3.63) is 63.6 Å². The van der Waals surface area contributed by atoms with Crippen LogP contribution >= 0.6 is 23.2 Å². The normalized spacial score (nSPS) is 17.4. The predicted octanol–water partition coefficient (Wildman–Crippen LogP) is 4.39. The summed E-state index contributed by atoms with van der Waals surface area (Å²) in [5.41, 5.74) is 8.37. The average Bonchev–Trinajstić information content (AvgIpc) is 3.03. The Morgan fingerprint density at radius 1 is 1.07 bits per heavy atom. The quantitative estimate of drug-likeness (QED) is 0.782. The number of carbonyl (C=O) groups is 2. The van der Waals surface area contributed by atoms with Crippen molar-refractivity contribution in [3.8, 4) is 0 Å². The molecule has 0 aromatic heterocycles. The molecule has 0 aliphatic carbocycles. The second kappa shape index (κ2) is 7.88. The summed E-state index contributed by atoms with van der Waals surface area (Å²) in [7, 11) is 0. The maximum absolute atomic E-state index is 13.1. The molecule has 0 bridgehead atoms. The molecule has 0 saturated carbocycles. The molecule has 4 rings (SSSR count). The van der Waals surface area contributed by atoms with Gasteiger partial charge in [0.15, 0.2) is 0 Å². The maximum atomic E-state index is 13.1. The number of rotatable bonds is 3. The maximum Gasteiger partial charge on any atom is 0.314 e. The van der Waals surface area contributed by atoms with Gasteiger partial charge in [-0.1, -0.05) is 41.4 Å². The number of halogens is 2. The smallest absolute Gasteiger partial charge is 0.314 e. The van der Waals surface area contributed by atoms with Crippen LogP contribution in [0.5, 0.6) is 0 Å². The lowest BCUT2D eigenvalue weighted by atomic mass is 9.74. The molecule has 0 atom stereocenters. The van der Waals surface area contributed by atoms with E-state index in [0.717, 1.165) is 24.1 Å². The van der Waals surface area contributed by atoms with Gasteiger partial charge in [0.25, 0.3) is 0 Å². The Kier molecular flexibility index (Phi) is 5.45. The standard InChI is InChI=1S/C22H23Cl2N3O2/c23-16-6-7-18(24)15(13-16)5-8-20(28)27-14-22(17-3-1-2-4-19(17)27)9-11-26(12-10-22)21(25)29/h1-4,6-7,13H,5,8-12,14H2,(H2,25,29). The van der Waals surface area contributed by atoms with E-state index in [9.17, 15) is 9.59 Å². The van der Waals surface area contributed by atoms with Gasteiger partial charge in [0.2, 0.25) is 5.91 Å². The third-order valence-corrected chi connectivity index (χ3v) is 6.78. The number of urea groups is 1.